The van der Waals surface area contributed by atoms with Crippen molar-refractivity contribution in [1.82, 2.24) is 20.7 Å². The minimum absolute atomic E-state index is 0.222. The Morgan fingerprint density at radius 3 is 2.76 bits per heavy atom. The van der Waals surface area contributed by atoms with E-state index in [9.17, 15) is 4.79 Å². The Kier molecular flexibility index (Phi) is 3.46. The van der Waals surface area contributed by atoms with E-state index in [1.165, 1.54) is 6.20 Å². The molecular formula is C11H13N5O. The number of carbonyl (C=O) groups is 1. The average molecular weight is 231 g/mol. The molecule has 1 aromatic carbocycles. The van der Waals surface area contributed by atoms with Gasteiger partial charge in [0.1, 0.15) is 0 Å². The van der Waals surface area contributed by atoms with Gasteiger partial charge in [-0.3, -0.25) is 4.79 Å². The molecule has 0 saturated heterocycles. The zero-order valence-electron chi connectivity index (χ0n) is 9.13. The van der Waals surface area contributed by atoms with Crippen LogP contribution in [0.5, 0.6) is 0 Å². The summed E-state index contributed by atoms with van der Waals surface area (Å²) in [5.41, 5.74) is 6.86. The molecule has 0 aliphatic rings. The van der Waals surface area contributed by atoms with Crippen molar-refractivity contribution >= 4 is 5.91 Å². The van der Waals surface area contributed by atoms with Gasteiger partial charge in [-0.25, -0.2) is 0 Å². The van der Waals surface area contributed by atoms with Crippen LogP contribution in [0.4, 0.5) is 0 Å². The number of nitrogens with two attached hydrogens (primary N) is 1. The zero-order valence-corrected chi connectivity index (χ0v) is 9.13. The van der Waals surface area contributed by atoms with Crippen molar-refractivity contribution in [2.24, 2.45) is 5.73 Å². The minimum atomic E-state index is -0.293. The Morgan fingerprint density at radius 1 is 1.41 bits per heavy atom. The molecule has 1 unspecified atom stereocenters. The third-order valence-electron chi connectivity index (χ3n) is 2.39. The van der Waals surface area contributed by atoms with Crippen molar-refractivity contribution in [3.8, 4) is 0 Å². The molecule has 2 rings (SSSR count). The van der Waals surface area contributed by atoms with E-state index in [2.05, 4.69) is 20.7 Å². The lowest BCUT2D eigenvalue weighted by atomic mass is 10.1. The van der Waals surface area contributed by atoms with Crippen LogP contribution in [-0.2, 0) is 0 Å². The number of nitrogens with one attached hydrogen (secondary N) is 2. The maximum absolute atomic E-state index is 11.8. The first-order chi connectivity index (χ1) is 8.31. The van der Waals surface area contributed by atoms with Gasteiger partial charge >= 0.3 is 0 Å². The predicted octanol–water partition coefficient (Wildman–Crippen LogP) is 0.234. The first-order valence-electron chi connectivity index (χ1n) is 5.23. The molecule has 4 N–H and O–H groups in total. The second kappa shape index (κ2) is 5.22. The molecule has 1 heterocycles. The second-order valence-electron chi connectivity index (χ2n) is 3.53. The Balaban J connectivity index is 2.09. The number of carbonyl (C=O) groups excluding carboxylic acids is 1. The zero-order chi connectivity index (χ0) is 12.1. The summed E-state index contributed by atoms with van der Waals surface area (Å²) >= 11 is 0. The van der Waals surface area contributed by atoms with E-state index in [0.717, 1.165) is 5.56 Å². The number of H-pyrrole nitrogens is 1. The van der Waals surface area contributed by atoms with Gasteiger partial charge in [0.05, 0.1) is 12.2 Å². The van der Waals surface area contributed by atoms with Crippen LogP contribution in [0.3, 0.4) is 0 Å². The van der Waals surface area contributed by atoms with Gasteiger partial charge < -0.3 is 11.1 Å². The lowest BCUT2D eigenvalue weighted by Gasteiger charge is -2.16. The summed E-state index contributed by atoms with van der Waals surface area (Å²) in [6.45, 7) is 0.327. The van der Waals surface area contributed by atoms with Crippen molar-refractivity contribution in [1.29, 1.82) is 0 Å². The summed E-state index contributed by atoms with van der Waals surface area (Å²) in [6.07, 6.45) is 1.37. The van der Waals surface area contributed by atoms with E-state index in [0.29, 0.717) is 6.54 Å². The molecule has 0 saturated carbocycles. The van der Waals surface area contributed by atoms with Crippen LogP contribution in [0.25, 0.3) is 0 Å². The topological polar surface area (TPSA) is 96.7 Å². The van der Waals surface area contributed by atoms with Crippen molar-refractivity contribution in [2.75, 3.05) is 6.54 Å². The first-order valence-corrected chi connectivity index (χ1v) is 5.23. The number of aromatic nitrogens is 3. The maximum Gasteiger partial charge on any atom is 0.273 e. The van der Waals surface area contributed by atoms with Crippen LogP contribution in [-0.4, -0.2) is 27.9 Å². The molecule has 0 spiro atoms. The Labute approximate surface area is 98.2 Å². The van der Waals surface area contributed by atoms with E-state index in [1.54, 1.807) is 0 Å². The smallest absolute Gasteiger partial charge is 0.273 e. The highest BCUT2D eigenvalue weighted by molar-refractivity contribution is 5.92. The number of nitrogens with zero attached hydrogens (tertiary/aromatic N) is 2. The molecule has 0 radical (unpaired) electrons. The van der Waals surface area contributed by atoms with Gasteiger partial charge in [-0.05, 0) is 5.56 Å². The van der Waals surface area contributed by atoms with Crippen molar-refractivity contribution in [2.45, 2.75) is 6.04 Å². The normalized spacial score (nSPS) is 12.1. The SMILES string of the molecule is NCC(NC(=O)c1cn[nH]n1)c1ccccc1. The number of amides is 1. The fourth-order valence-corrected chi connectivity index (χ4v) is 1.51. The Morgan fingerprint density at radius 2 is 2.18 bits per heavy atom. The number of benzene rings is 1. The summed E-state index contributed by atoms with van der Waals surface area (Å²) in [5, 5.41) is 12.5. The standard InChI is InChI=1S/C11H13N5O/c12-6-9(8-4-2-1-3-5-8)14-11(17)10-7-13-16-15-10/h1-5,7,9H,6,12H2,(H,14,17)(H,13,15,16). The van der Waals surface area contributed by atoms with E-state index >= 15 is 0 Å². The number of hydrogen-bond donors (Lipinski definition) is 3. The molecule has 88 valence electrons. The molecule has 1 atom stereocenters. The van der Waals surface area contributed by atoms with Gasteiger partial charge in [-0.2, -0.15) is 15.4 Å². The predicted molar refractivity (Wildman–Crippen MR) is 62.1 cm³/mol. The van der Waals surface area contributed by atoms with Crippen LogP contribution in [0, 0.1) is 0 Å². The van der Waals surface area contributed by atoms with Gasteiger partial charge in [0.15, 0.2) is 5.69 Å². The molecule has 6 nitrogen and oxygen atoms in total. The van der Waals surface area contributed by atoms with Crippen molar-refractivity contribution < 1.29 is 4.79 Å². The van der Waals surface area contributed by atoms with Gasteiger partial charge in [-0.1, -0.05) is 30.3 Å². The van der Waals surface area contributed by atoms with Gasteiger partial charge in [-0.15, -0.1) is 0 Å². The van der Waals surface area contributed by atoms with Crippen molar-refractivity contribution in [3.63, 3.8) is 0 Å². The fourth-order valence-electron chi connectivity index (χ4n) is 1.51. The largest absolute Gasteiger partial charge is 0.343 e. The highest BCUT2D eigenvalue weighted by atomic mass is 16.2. The van der Waals surface area contributed by atoms with Crippen molar-refractivity contribution in [3.05, 3.63) is 47.8 Å². The molecule has 1 amide bonds. The van der Waals surface area contributed by atoms with Crippen LogP contribution in [0.2, 0.25) is 0 Å². The monoisotopic (exact) mass is 231 g/mol. The molecule has 0 bridgehead atoms. The maximum atomic E-state index is 11.8. The molecule has 0 aliphatic carbocycles. The Hall–Kier alpha value is -2.21. The summed E-state index contributed by atoms with van der Waals surface area (Å²) < 4.78 is 0. The van der Waals surface area contributed by atoms with Crippen LogP contribution < -0.4 is 11.1 Å². The second-order valence-corrected chi connectivity index (χ2v) is 3.53. The highest BCUT2D eigenvalue weighted by Gasteiger charge is 2.15. The minimum Gasteiger partial charge on any atom is -0.343 e. The van der Waals surface area contributed by atoms with E-state index in [4.69, 9.17) is 5.73 Å². The van der Waals surface area contributed by atoms with E-state index in [1.807, 2.05) is 30.3 Å². The lowest BCUT2D eigenvalue weighted by molar-refractivity contribution is 0.0932. The average Bonchev–Trinajstić information content (AvgIpc) is 2.90. The lowest BCUT2D eigenvalue weighted by Crippen LogP contribution is -2.33. The summed E-state index contributed by atoms with van der Waals surface area (Å²) in [5.74, 6) is -0.293. The van der Waals surface area contributed by atoms with E-state index < -0.39 is 0 Å². The first kappa shape index (κ1) is 11.3. The van der Waals surface area contributed by atoms with Gasteiger partial charge in [0.2, 0.25) is 0 Å². The van der Waals surface area contributed by atoms with Crippen LogP contribution in [0.15, 0.2) is 36.5 Å². The van der Waals surface area contributed by atoms with Crippen LogP contribution >= 0.6 is 0 Å². The molecule has 6 heteroatoms. The number of aromatic amines is 1. The third-order valence-corrected chi connectivity index (χ3v) is 2.39. The fraction of sp³-hybridized carbons (Fsp3) is 0.182. The van der Waals surface area contributed by atoms with Gasteiger partial charge in [0.25, 0.3) is 5.91 Å². The molecule has 2 aromatic rings. The third kappa shape index (κ3) is 2.67. The summed E-state index contributed by atoms with van der Waals surface area (Å²) in [6, 6.07) is 9.33. The molecule has 0 fully saturated rings. The summed E-state index contributed by atoms with van der Waals surface area (Å²) in [7, 11) is 0. The molecular weight excluding hydrogens is 218 g/mol. The van der Waals surface area contributed by atoms with Gasteiger partial charge in [0, 0.05) is 6.54 Å². The molecule has 17 heavy (non-hydrogen) atoms. The quantitative estimate of drug-likeness (QED) is 0.702. The number of hydrogen-bond acceptors (Lipinski definition) is 4. The Bertz CT molecular complexity index is 468. The highest BCUT2D eigenvalue weighted by Crippen LogP contribution is 2.11. The van der Waals surface area contributed by atoms with E-state index in [-0.39, 0.29) is 17.6 Å². The summed E-state index contributed by atoms with van der Waals surface area (Å²) in [4.78, 5) is 11.8. The number of rotatable bonds is 4. The molecule has 0 aliphatic heterocycles. The molecule has 1 aromatic heterocycles. The van der Waals surface area contributed by atoms with Crippen LogP contribution in [0.1, 0.15) is 22.1 Å².